The summed E-state index contributed by atoms with van der Waals surface area (Å²) in [5.74, 6) is 1.12. The Balaban J connectivity index is 1.23. The number of furan rings is 1. The Bertz CT molecular complexity index is 3180. The Kier molecular flexibility index (Phi) is 4.60. The van der Waals surface area contributed by atoms with E-state index < -0.39 is 0 Å². The van der Waals surface area contributed by atoms with E-state index in [1.807, 2.05) is 12.1 Å². The van der Waals surface area contributed by atoms with Crippen molar-refractivity contribution in [2.75, 3.05) is 0 Å². The van der Waals surface area contributed by atoms with Crippen molar-refractivity contribution in [3.63, 3.8) is 0 Å². The molecule has 0 bridgehead atoms. The van der Waals surface area contributed by atoms with Gasteiger partial charge in [0.2, 0.25) is 11.9 Å². The second-order valence-corrected chi connectivity index (χ2v) is 12.6. The van der Waals surface area contributed by atoms with E-state index in [0.29, 0.717) is 17.5 Å². The molecular formula is C42H22N6O. The predicted octanol–water partition coefficient (Wildman–Crippen LogP) is 10.2. The largest absolute Gasteiger partial charge is 0.454 e. The summed E-state index contributed by atoms with van der Waals surface area (Å²) >= 11 is 0. The van der Waals surface area contributed by atoms with Crippen LogP contribution in [0.4, 0.5) is 0 Å². The summed E-state index contributed by atoms with van der Waals surface area (Å²) < 4.78 is 10.9. The number of benzene rings is 6. The molecule has 1 aliphatic carbocycles. The van der Waals surface area contributed by atoms with Gasteiger partial charge in [-0.1, -0.05) is 103 Å². The highest BCUT2D eigenvalue weighted by molar-refractivity contribution is 6.21. The summed E-state index contributed by atoms with van der Waals surface area (Å²) in [6.07, 6.45) is 0. The molecule has 0 fully saturated rings. The third-order valence-corrected chi connectivity index (χ3v) is 10.1. The number of hydrogen-bond donors (Lipinski definition) is 0. The monoisotopic (exact) mass is 626 g/mol. The molecule has 0 spiro atoms. The van der Waals surface area contributed by atoms with E-state index in [9.17, 15) is 0 Å². The van der Waals surface area contributed by atoms with Crippen LogP contribution in [0.15, 0.2) is 138 Å². The van der Waals surface area contributed by atoms with Crippen LogP contribution in [0.25, 0.3) is 111 Å². The van der Waals surface area contributed by atoms with Gasteiger partial charge in [-0.15, -0.1) is 0 Å². The lowest BCUT2D eigenvalue weighted by Crippen LogP contribution is -2.06. The number of rotatable bonds is 2. The quantitative estimate of drug-likeness (QED) is 0.191. The van der Waals surface area contributed by atoms with Crippen molar-refractivity contribution in [1.82, 2.24) is 29.1 Å². The Hall–Kier alpha value is -6.86. The molecule has 0 saturated carbocycles. The maximum atomic E-state index is 6.61. The van der Waals surface area contributed by atoms with Gasteiger partial charge in [0.15, 0.2) is 11.2 Å². The van der Waals surface area contributed by atoms with E-state index in [4.69, 9.17) is 24.4 Å². The van der Waals surface area contributed by atoms with Gasteiger partial charge in [0.25, 0.3) is 0 Å². The first-order chi connectivity index (χ1) is 24.3. The maximum Gasteiger partial charge on any atom is 0.237 e. The highest BCUT2D eigenvalue weighted by Crippen LogP contribution is 2.46. The summed E-state index contributed by atoms with van der Waals surface area (Å²) in [6, 6.07) is 46.1. The molecule has 0 atom stereocenters. The molecule has 5 heterocycles. The van der Waals surface area contributed by atoms with Crippen LogP contribution in [0.1, 0.15) is 0 Å². The molecule has 0 amide bonds. The van der Waals surface area contributed by atoms with Crippen LogP contribution in [-0.2, 0) is 0 Å². The van der Waals surface area contributed by atoms with Gasteiger partial charge in [-0.25, -0.2) is 9.97 Å². The van der Waals surface area contributed by atoms with E-state index in [0.717, 1.165) is 93.5 Å². The van der Waals surface area contributed by atoms with Crippen molar-refractivity contribution in [2.45, 2.75) is 0 Å². The Labute approximate surface area is 277 Å². The minimum Gasteiger partial charge on any atom is -0.454 e. The van der Waals surface area contributed by atoms with Crippen LogP contribution < -0.4 is 0 Å². The van der Waals surface area contributed by atoms with E-state index in [2.05, 4.69) is 130 Å². The van der Waals surface area contributed by atoms with Crippen molar-refractivity contribution in [3.05, 3.63) is 133 Å². The lowest BCUT2D eigenvalue weighted by molar-refractivity contribution is 0.671. The minimum absolute atomic E-state index is 0.538. The van der Waals surface area contributed by atoms with E-state index in [-0.39, 0.29) is 0 Å². The smallest absolute Gasteiger partial charge is 0.237 e. The van der Waals surface area contributed by atoms with Gasteiger partial charge in [0.1, 0.15) is 11.1 Å². The van der Waals surface area contributed by atoms with Gasteiger partial charge < -0.3 is 4.42 Å². The van der Waals surface area contributed by atoms with Gasteiger partial charge in [0.05, 0.1) is 33.3 Å². The Morgan fingerprint density at radius 2 is 0.898 bits per heavy atom. The molecule has 0 N–H and O–H groups in total. The normalized spacial score (nSPS) is 12.5. The van der Waals surface area contributed by atoms with Crippen molar-refractivity contribution < 1.29 is 4.42 Å². The van der Waals surface area contributed by atoms with Crippen LogP contribution >= 0.6 is 0 Å². The summed E-state index contributed by atoms with van der Waals surface area (Å²) in [7, 11) is 0. The molecule has 7 heteroatoms. The molecule has 0 unspecified atom stereocenters. The molecule has 0 saturated heterocycles. The van der Waals surface area contributed by atoms with Crippen LogP contribution in [0.3, 0.4) is 0 Å². The van der Waals surface area contributed by atoms with E-state index in [1.165, 1.54) is 0 Å². The minimum atomic E-state index is 0.538. The molecule has 7 nitrogen and oxygen atoms in total. The standard InChI is InChI=1S/C42H22N6O/c1-2-16-28-27(15-1)36-35-37(28)44-42(46-40(35)45-41(43-36)47-31-17-7-3-11-23(31)24-12-4-8-18-32(24)47)48-33-19-9-5-13-25(33)29-21-22-30-26-14-6-10-20-34(26)49-39(30)38(29)48/h1-22H. The SMILES string of the molecule is c1ccc2c(c1)-c1nc(-n3c4ccccc4c4ccccc43)nc3nc(-n4c5ccccc5c5ccc6c7ccccc7oc6c54)nc-2c13. The van der Waals surface area contributed by atoms with Crippen LogP contribution in [-0.4, -0.2) is 29.1 Å². The molecule has 11 aromatic rings. The zero-order chi connectivity index (χ0) is 31.8. The van der Waals surface area contributed by atoms with Gasteiger partial charge in [-0.05, 0) is 30.3 Å². The fraction of sp³-hybridized carbons (Fsp3) is 0. The number of hydrogen-bond acceptors (Lipinski definition) is 5. The summed E-state index contributed by atoms with van der Waals surface area (Å²) in [5.41, 5.74) is 10.0. The third kappa shape index (κ3) is 3.16. The summed E-state index contributed by atoms with van der Waals surface area (Å²) in [4.78, 5) is 21.1. The Morgan fingerprint density at radius 3 is 1.55 bits per heavy atom. The predicted molar refractivity (Wildman–Crippen MR) is 196 cm³/mol. The zero-order valence-electron chi connectivity index (χ0n) is 25.8. The van der Waals surface area contributed by atoms with Crippen LogP contribution in [0.2, 0.25) is 0 Å². The first kappa shape index (κ1) is 25.3. The Morgan fingerprint density at radius 1 is 0.408 bits per heavy atom. The fourth-order valence-electron chi connectivity index (χ4n) is 8.07. The van der Waals surface area contributed by atoms with E-state index in [1.54, 1.807) is 0 Å². The number of aromatic nitrogens is 6. The first-order valence-corrected chi connectivity index (χ1v) is 16.3. The van der Waals surface area contributed by atoms with E-state index >= 15 is 0 Å². The van der Waals surface area contributed by atoms with Gasteiger partial charge in [-0.2, -0.15) is 9.97 Å². The van der Waals surface area contributed by atoms with Crippen molar-refractivity contribution in [1.29, 1.82) is 0 Å². The second kappa shape index (κ2) is 8.93. The first-order valence-electron chi connectivity index (χ1n) is 16.3. The van der Waals surface area contributed by atoms with Gasteiger partial charge >= 0.3 is 0 Å². The summed E-state index contributed by atoms with van der Waals surface area (Å²) in [6.45, 7) is 0. The molecule has 6 aromatic carbocycles. The van der Waals surface area contributed by atoms with Crippen molar-refractivity contribution in [2.24, 2.45) is 0 Å². The second-order valence-electron chi connectivity index (χ2n) is 12.6. The van der Waals surface area contributed by atoms with Crippen LogP contribution in [0.5, 0.6) is 0 Å². The van der Waals surface area contributed by atoms with Crippen molar-refractivity contribution >= 4 is 76.6 Å². The van der Waals surface area contributed by atoms with Gasteiger partial charge in [-0.3, -0.25) is 9.13 Å². The number of fused-ring (bicyclic) bond motifs is 13. The molecule has 1 aliphatic rings. The lowest BCUT2D eigenvalue weighted by Gasteiger charge is -2.11. The number of para-hydroxylation sites is 4. The molecule has 0 radical (unpaired) electrons. The molecule has 49 heavy (non-hydrogen) atoms. The molecule has 0 aliphatic heterocycles. The maximum absolute atomic E-state index is 6.61. The average Bonchev–Trinajstić information content (AvgIpc) is 3.89. The number of nitrogens with zero attached hydrogens (tertiary/aromatic N) is 6. The summed E-state index contributed by atoms with van der Waals surface area (Å²) in [5, 5.41) is 7.50. The topological polar surface area (TPSA) is 74.6 Å². The molecular weight excluding hydrogens is 605 g/mol. The molecule has 12 rings (SSSR count). The zero-order valence-corrected chi connectivity index (χ0v) is 25.8. The van der Waals surface area contributed by atoms with Crippen molar-refractivity contribution in [3.8, 4) is 34.4 Å². The highest BCUT2D eigenvalue weighted by atomic mass is 16.3. The molecule has 226 valence electrons. The van der Waals surface area contributed by atoms with Crippen LogP contribution in [0, 0.1) is 0 Å². The third-order valence-electron chi connectivity index (χ3n) is 10.1. The highest BCUT2D eigenvalue weighted by Gasteiger charge is 2.30. The molecule has 5 aromatic heterocycles. The average molecular weight is 627 g/mol. The fourth-order valence-corrected chi connectivity index (χ4v) is 8.07. The lowest BCUT2D eigenvalue weighted by atomic mass is 10.1. The van der Waals surface area contributed by atoms with Gasteiger partial charge in [0, 0.05) is 43.4 Å².